The van der Waals surface area contributed by atoms with Crippen LogP contribution in [0.1, 0.15) is 17.5 Å². The Balaban J connectivity index is 1.57. The Morgan fingerprint density at radius 3 is 2.57 bits per heavy atom. The van der Waals surface area contributed by atoms with Gasteiger partial charge in [0.15, 0.2) is 0 Å². The molecule has 0 unspecified atom stereocenters. The Bertz CT molecular complexity index is 999. The standard InChI is InChI=1S/C23H23N3OS/c27-23-22-21(17-24-26(23)15-7-13-19-9-3-1-4-10-19)25(14-8-16-28-22)18-20-11-5-2-6-12-20/h1-7,9-13,17H,8,14-16,18H2/b13-7+. The molecule has 2 aromatic carbocycles. The van der Waals surface area contributed by atoms with E-state index in [0.717, 1.165) is 41.4 Å². The molecule has 1 aliphatic rings. The molecule has 142 valence electrons. The molecule has 0 saturated heterocycles. The molecule has 0 bridgehead atoms. The normalized spacial score (nSPS) is 14.1. The third kappa shape index (κ3) is 4.37. The fourth-order valence-electron chi connectivity index (χ4n) is 3.32. The summed E-state index contributed by atoms with van der Waals surface area (Å²) in [5.74, 6) is 0.956. The molecule has 3 aromatic rings. The zero-order valence-corrected chi connectivity index (χ0v) is 16.5. The topological polar surface area (TPSA) is 38.1 Å². The second-order valence-corrected chi connectivity index (χ2v) is 7.87. The van der Waals surface area contributed by atoms with E-state index in [-0.39, 0.29) is 5.56 Å². The molecule has 2 heterocycles. The third-order valence-electron chi connectivity index (χ3n) is 4.74. The summed E-state index contributed by atoms with van der Waals surface area (Å²) in [6, 6.07) is 20.5. The Hall–Kier alpha value is -2.79. The van der Waals surface area contributed by atoms with E-state index in [9.17, 15) is 4.79 Å². The lowest BCUT2D eigenvalue weighted by Crippen LogP contribution is -2.29. The van der Waals surface area contributed by atoms with Gasteiger partial charge in [-0.3, -0.25) is 4.79 Å². The van der Waals surface area contributed by atoms with Crippen molar-refractivity contribution in [1.29, 1.82) is 0 Å². The Labute approximate surface area is 169 Å². The highest BCUT2D eigenvalue weighted by Gasteiger charge is 2.20. The fourth-order valence-corrected chi connectivity index (χ4v) is 4.36. The van der Waals surface area contributed by atoms with Crippen LogP contribution in [0.4, 0.5) is 5.69 Å². The van der Waals surface area contributed by atoms with Crippen LogP contribution >= 0.6 is 11.8 Å². The minimum Gasteiger partial charge on any atom is -0.365 e. The average Bonchev–Trinajstić information content (AvgIpc) is 2.94. The van der Waals surface area contributed by atoms with Gasteiger partial charge < -0.3 is 4.90 Å². The van der Waals surface area contributed by atoms with Crippen LogP contribution in [0.5, 0.6) is 0 Å². The van der Waals surface area contributed by atoms with Crippen molar-refractivity contribution in [1.82, 2.24) is 9.78 Å². The van der Waals surface area contributed by atoms with E-state index in [1.807, 2.05) is 54.7 Å². The first-order valence-electron chi connectivity index (χ1n) is 9.54. The molecule has 5 heteroatoms. The SMILES string of the molecule is O=c1c2c(cnn1C/C=C/c1ccccc1)N(Cc1ccccc1)CCCS2. The number of fused-ring (bicyclic) bond motifs is 1. The van der Waals surface area contributed by atoms with E-state index in [2.05, 4.69) is 34.3 Å². The minimum atomic E-state index is 0.000161. The molecule has 0 radical (unpaired) electrons. The second-order valence-electron chi connectivity index (χ2n) is 6.77. The molecule has 0 saturated carbocycles. The summed E-state index contributed by atoms with van der Waals surface area (Å²) < 4.78 is 1.55. The Morgan fingerprint density at radius 2 is 1.79 bits per heavy atom. The first kappa shape index (κ1) is 18.6. The largest absolute Gasteiger partial charge is 0.365 e. The number of hydrogen-bond acceptors (Lipinski definition) is 4. The molecule has 0 spiro atoms. The summed E-state index contributed by atoms with van der Waals surface area (Å²) in [6.45, 7) is 2.21. The molecule has 0 atom stereocenters. The highest BCUT2D eigenvalue weighted by atomic mass is 32.2. The van der Waals surface area contributed by atoms with Crippen LogP contribution < -0.4 is 10.5 Å². The summed E-state index contributed by atoms with van der Waals surface area (Å²) in [5, 5.41) is 4.45. The number of anilines is 1. The third-order valence-corrected chi connectivity index (χ3v) is 5.91. The van der Waals surface area contributed by atoms with E-state index >= 15 is 0 Å². The smallest absolute Gasteiger partial charge is 0.282 e. The van der Waals surface area contributed by atoms with Crippen molar-refractivity contribution in [3.8, 4) is 0 Å². The van der Waals surface area contributed by atoms with Gasteiger partial charge in [-0.2, -0.15) is 5.10 Å². The number of benzene rings is 2. The van der Waals surface area contributed by atoms with Gasteiger partial charge in [-0.25, -0.2) is 4.68 Å². The fraction of sp³-hybridized carbons (Fsp3) is 0.217. The van der Waals surface area contributed by atoms with Gasteiger partial charge in [0.05, 0.1) is 23.3 Å². The molecule has 4 nitrogen and oxygen atoms in total. The summed E-state index contributed by atoms with van der Waals surface area (Å²) in [4.78, 5) is 16.1. The van der Waals surface area contributed by atoms with Crippen molar-refractivity contribution in [3.63, 3.8) is 0 Å². The monoisotopic (exact) mass is 389 g/mol. The van der Waals surface area contributed by atoms with Crippen LogP contribution in [-0.2, 0) is 13.1 Å². The number of rotatable bonds is 5. The van der Waals surface area contributed by atoms with E-state index in [4.69, 9.17) is 0 Å². The van der Waals surface area contributed by atoms with Gasteiger partial charge >= 0.3 is 0 Å². The van der Waals surface area contributed by atoms with Crippen molar-refractivity contribution < 1.29 is 0 Å². The lowest BCUT2D eigenvalue weighted by Gasteiger charge is -2.24. The summed E-state index contributed by atoms with van der Waals surface area (Å²) >= 11 is 1.66. The van der Waals surface area contributed by atoms with Gasteiger partial charge in [0.2, 0.25) is 0 Å². The summed E-state index contributed by atoms with van der Waals surface area (Å²) in [7, 11) is 0. The van der Waals surface area contributed by atoms with E-state index in [1.165, 1.54) is 5.56 Å². The number of aromatic nitrogens is 2. The average molecular weight is 390 g/mol. The predicted molar refractivity (Wildman–Crippen MR) is 117 cm³/mol. The van der Waals surface area contributed by atoms with Gasteiger partial charge in [0, 0.05) is 13.1 Å². The van der Waals surface area contributed by atoms with Crippen LogP contribution in [0, 0.1) is 0 Å². The highest BCUT2D eigenvalue weighted by Crippen LogP contribution is 2.31. The molecule has 4 rings (SSSR count). The van der Waals surface area contributed by atoms with Gasteiger partial charge in [0.25, 0.3) is 5.56 Å². The maximum absolute atomic E-state index is 13.0. The molecule has 0 amide bonds. The molecule has 1 aliphatic heterocycles. The molecular weight excluding hydrogens is 366 g/mol. The number of thioether (sulfide) groups is 1. The highest BCUT2D eigenvalue weighted by molar-refractivity contribution is 7.99. The van der Waals surface area contributed by atoms with E-state index in [1.54, 1.807) is 16.4 Å². The van der Waals surface area contributed by atoms with Crippen molar-refractivity contribution in [3.05, 3.63) is 94.4 Å². The summed E-state index contributed by atoms with van der Waals surface area (Å²) in [5.41, 5.74) is 3.32. The van der Waals surface area contributed by atoms with Gasteiger partial charge in [-0.05, 0) is 23.3 Å². The minimum absolute atomic E-state index is 0.000161. The quantitative estimate of drug-likeness (QED) is 0.646. The predicted octanol–water partition coefficient (Wildman–Crippen LogP) is 4.46. The number of nitrogens with zero attached hydrogens (tertiary/aromatic N) is 3. The molecule has 28 heavy (non-hydrogen) atoms. The number of allylic oxidation sites excluding steroid dienone is 1. The zero-order chi connectivity index (χ0) is 19.2. The molecule has 0 fully saturated rings. The van der Waals surface area contributed by atoms with Crippen molar-refractivity contribution >= 4 is 23.5 Å². The molecular formula is C23H23N3OS. The van der Waals surface area contributed by atoms with Crippen LogP contribution in [0.15, 0.2) is 82.6 Å². The van der Waals surface area contributed by atoms with Crippen molar-refractivity contribution in [2.45, 2.75) is 24.4 Å². The Kier molecular flexibility index (Phi) is 5.92. The lowest BCUT2D eigenvalue weighted by atomic mass is 10.2. The van der Waals surface area contributed by atoms with Crippen LogP contribution in [0.2, 0.25) is 0 Å². The number of hydrogen-bond donors (Lipinski definition) is 0. The van der Waals surface area contributed by atoms with Gasteiger partial charge in [-0.15, -0.1) is 11.8 Å². The van der Waals surface area contributed by atoms with Crippen LogP contribution in [0.3, 0.4) is 0 Å². The molecule has 1 aromatic heterocycles. The first-order chi connectivity index (χ1) is 13.8. The van der Waals surface area contributed by atoms with Crippen molar-refractivity contribution in [2.24, 2.45) is 0 Å². The van der Waals surface area contributed by atoms with Crippen molar-refractivity contribution in [2.75, 3.05) is 17.2 Å². The van der Waals surface area contributed by atoms with Crippen LogP contribution in [0.25, 0.3) is 6.08 Å². The molecule has 0 N–H and O–H groups in total. The maximum atomic E-state index is 13.0. The zero-order valence-electron chi connectivity index (χ0n) is 15.7. The summed E-state index contributed by atoms with van der Waals surface area (Å²) in [6.07, 6.45) is 6.92. The van der Waals surface area contributed by atoms with Gasteiger partial charge in [0.1, 0.15) is 0 Å². The van der Waals surface area contributed by atoms with Gasteiger partial charge in [-0.1, -0.05) is 72.8 Å². The Morgan fingerprint density at radius 1 is 1.04 bits per heavy atom. The van der Waals surface area contributed by atoms with E-state index < -0.39 is 0 Å². The first-order valence-corrected chi connectivity index (χ1v) is 10.5. The molecule has 0 aliphatic carbocycles. The van der Waals surface area contributed by atoms with E-state index in [0.29, 0.717) is 6.54 Å². The lowest BCUT2D eigenvalue weighted by molar-refractivity contribution is 0.631. The second kappa shape index (κ2) is 8.93. The maximum Gasteiger partial charge on any atom is 0.282 e. The van der Waals surface area contributed by atoms with Crippen LogP contribution in [-0.4, -0.2) is 22.1 Å².